The molecule has 1 amide bonds. The molecule has 2 aliphatic rings. The Kier molecular flexibility index (Phi) is 5.54. The van der Waals surface area contributed by atoms with E-state index in [1.54, 1.807) is 27.7 Å². The molecule has 148 valence electrons. The lowest BCUT2D eigenvalue weighted by molar-refractivity contribution is 0.00578. The molecule has 6 nitrogen and oxygen atoms in total. The average molecular weight is 371 g/mol. The minimum atomic E-state index is -1.11. The van der Waals surface area contributed by atoms with Crippen LogP contribution >= 0.6 is 0 Å². The molecule has 0 bridgehead atoms. The van der Waals surface area contributed by atoms with Gasteiger partial charge in [0.15, 0.2) is 0 Å². The first kappa shape index (κ1) is 21.2. The summed E-state index contributed by atoms with van der Waals surface area (Å²) in [6, 6.07) is 0. The van der Waals surface area contributed by atoms with E-state index in [1.165, 1.54) is 0 Å². The third-order valence-corrected chi connectivity index (χ3v) is 5.30. The molecule has 0 aromatic carbocycles. The number of alkyl carbamates (subject to hydrolysis) is 1. The van der Waals surface area contributed by atoms with E-state index in [2.05, 4.69) is 5.32 Å². The van der Waals surface area contributed by atoms with E-state index in [4.69, 9.17) is 18.8 Å². The van der Waals surface area contributed by atoms with Crippen LogP contribution in [0.1, 0.15) is 61.8 Å². The fourth-order valence-electron chi connectivity index (χ4n) is 2.90. The summed E-state index contributed by atoms with van der Waals surface area (Å²) in [5.74, 6) is 0. The van der Waals surface area contributed by atoms with E-state index in [0.29, 0.717) is 18.6 Å². The highest BCUT2D eigenvalue weighted by Crippen LogP contribution is 2.41. The van der Waals surface area contributed by atoms with Gasteiger partial charge in [0, 0.05) is 13.0 Å². The van der Waals surface area contributed by atoms with Gasteiger partial charge in [0.05, 0.1) is 23.3 Å². The predicted molar refractivity (Wildman–Crippen MR) is 97.4 cm³/mol. The zero-order valence-electron chi connectivity index (χ0n) is 17.1. The first-order chi connectivity index (χ1) is 11.7. The van der Waals surface area contributed by atoms with Crippen LogP contribution in [0.15, 0.2) is 11.3 Å². The normalized spacial score (nSPS) is 28.7. The number of nitrogens with one attached hydrogen (secondary N) is 1. The fourth-order valence-corrected chi connectivity index (χ4v) is 2.90. The van der Waals surface area contributed by atoms with Crippen LogP contribution in [0.5, 0.6) is 0 Å². The number of hydrogen-bond donors (Lipinski definition) is 1. The van der Waals surface area contributed by atoms with Crippen LogP contribution < -0.4 is 5.32 Å². The first-order valence-corrected chi connectivity index (χ1v) is 9.00. The van der Waals surface area contributed by atoms with Crippen LogP contribution in [0.3, 0.4) is 0 Å². The molecule has 0 aromatic heterocycles. The lowest BCUT2D eigenvalue weighted by atomic mass is 9.78. The van der Waals surface area contributed by atoms with Crippen molar-refractivity contribution in [2.45, 2.75) is 84.2 Å². The summed E-state index contributed by atoms with van der Waals surface area (Å²) in [7, 11) is -1.11. The van der Waals surface area contributed by atoms with Crippen molar-refractivity contribution in [3.8, 4) is 0 Å². The van der Waals surface area contributed by atoms with Gasteiger partial charge in [-0.1, -0.05) is 0 Å². The molecule has 1 N–H and O–H groups in total. The molecule has 0 radical (unpaired) electrons. The second-order valence-corrected chi connectivity index (χ2v) is 9.07. The number of halogens is 1. The summed E-state index contributed by atoms with van der Waals surface area (Å²) in [4.78, 5) is 12.3. The Labute approximate surface area is 155 Å². The smallest absolute Gasteiger partial charge is 0.444 e. The van der Waals surface area contributed by atoms with Crippen molar-refractivity contribution in [1.29, 1.82) is 0 Å². The average Bonchev–Trinajstić information content (AvgIpc) is 2.99. The molecule has 0 aromatic rings. The molecule has 0 spiro atoms. The lowest BCUT2D eigenvalue weighted by Gasteiger charge is -2.32. The summed E-state index contributed by atoms with van der Waals surface area (Å²) in [5, 5.41) is 2.80. The van der Waals surface area contributed by atoms with Gasteiger partial charge in [-0.15, -0.1) is 0 Å². The van der Waals surface area contributed by atoms with E-state index in [1.807, 2.05) is 27.7 Å². The highest BCUT2D eigenvalue weighted by molar-refractivity contribution is 6.53. The number of rotatable bonds is 3. The SMILES string of the molecule is CC(=C(F)B1OC(C)(C)C(C)(C)O1)C1(NC(=O)OC(C)(C)C)CCOC1. The molecular formula is C18H31BFNO5. The van der Waals surface area contributed by atoms with E-state index in [9.17, 15) is 4.79 Å². The van der Waals surface area contributed by atoms with Crippen LogP contribution in [0.25, 0.3) is 0 Å². The molecule has 2 fully saturated rings. The second-order valence-electron chi connectivity index (χ2n) is 9.07. The number of amides is 1. The largest absolute Gasteiger partial charge is 0.525 e. The van der Waals surface area contributed by atoms with E-state index in [0.717, 1.165) is 0 Å². The molecule has 0 saturated carbocycles. The number of ether oxygens (including phenoxy) is 2. The Morgan fingerprint density at radius 2 is 1.69 bits per heavy atom. The lowest BCUT2D eigenvalue weighted by Crippen LogP contribution is -2.52. The van der Waals surface area contributed by atoms with Crippen LogP contribution in [0.2, 0.25) is 0 Å². The van der Waals surface area contributed by atoms with Gasteiger partial charge in [0.25, 0.3) is 0 Å². The van der Waals surface area contributed by atoms with Crippen LogP contribution in [-0.4, -0.2) is 48.8 Å². The van der Waals surface area contributed by atoms with Crippen molar-refractivity contribution in [2.24, 2.45) is 0 Å². The molecule has 8 heteroatoms. The summed E-state index contributed by atoms with van der Waals surface area (Å²) < 4.78 is 37.6. The second kappa shape index (κ2) is 6.80. The van der Waals surface area contributed by atoms with Crippen molar-refractivity contribution in [1.82, 2.24) is 5.32 Å². The van der Waals surface area contributed by atoms with Gasteiger partial charge < -0.3 is 24.1 Å². The van der Waals surface area contributed by atoms with Gasteiger partial charge in [0.1, 0.15) is 11.3 Å². The van der Waals surface area contributed by atoms with Crippen LogP contribution in [-0.2, 0) is 18.8 Å². The van der Waals surface area contributed by atoms with Crippen LogP contribution in [0.4, 0.5) is 9.18 Å². The maximum atomic E-state index is 15.3. The molecule has 2 saturated heterocycles. The molecule has 1 atom stereocenters. The summed E-state index contributed by atoms with van der Waals surface area (Å²) in [6.45, 7) is 15.0. The molecule has 2 aliphatic heterocycles. The highest BCUT2D eigenvalue weighted by atomic mass is 19.1. The highest BCUT2D eigenvalue weighted by Gasteiger charge is 2.54. The van der Waals surface area contributed by atoms with Gasteiger partial charge >= 0.3 is 13.2 Å². The van der Waals surface area contributed by atoms with Crippen LogP contribution in [0, 0.1) is 0 Å². The molecule has 2 heterocycles. The molecule has 26 heavy (non-hydrogen) atoms. The molecule has 2 rings (SSSR count). The summed E-state index contributed by atoms with van der Waals surface area (Å²) in [6.07, 6.45) is -0.158. The monoisotopic (exact) mass is 371 g/mol. The Bertz CT molecular complexity index is 575. The van der Waals surface area contributed by atoms with Gasteiger partial charge in [-0.25, -0.2) is 9.18 Å². The maximum Gasteiger partial charge on any atom is 0.525 e. The number of carbonyl (C=O) groups excluding carboxylic acids is 1. The number of hydrogen-bond acceptors (Lipinski definition) is 5. The fraction of sp³-hybridized carbons (Fsp3) is 0.833. The molecule has 0 aliphatic carbocycles. The topological polar surface area (TPSA) is 66.0 Å². The zero-order chi connectivity index (χ0) is 20.0. The van der Waals surface area contributed by atoms with Gasteiger partial charge in [-0.3, -0.25) is 0 Å². The standard InChI is InChI=1S/C18H31BFNO5/c1-12(13(20)19-25-16(5,6)17(7,8)26-19)18(9-10-23-11-18)21-14(22)24-15(2,3)4/h9-11H2,1-8H3,(H,21,22). The van der Waals surface area contributed by atoms with E-state index in [-0.39, 0.29) is 6.61 Å². The molecule has 1 unspecified atom stereocenters. The van der Waals surface area contributed by atoms with Gasteiger partial charge in [0.2, 0.25) is 0 Å². The van der Waals surface area contributed by atoms with E-state index < -0.39 is 41.3 Å². The number of carbonyl (C=O) groups is 1. The Morgan fingerprint density at radius 1 is 1.15 bits per heavy atom. The van der Waals surface area contributed by atoms with Crippen molar-refractivity contribution in [3.05, 3.63) is 11.3 Å². The summed E-state index contributed by atoms with van der Waals surface area (Å²) >= 11 is 0. The maximum absolute atomic E-state index is 15.3. The van der Waals surface area contributed by atoms with Gasteiger partial charge in [-0.05, 0) is 61.0 Å². The van der Waals surface area contributed by atoms with Crippen molar-refractivity contribution < 1.29 is 28.0 Å². The summed E-state index contributed by atoms with van der Waals surface area (Å²) in [5.41, 5.74) is -3.12. The minimum absolute atomic E-state index is 0.172. The Morgan fingerprint density at radius 3 is 2.12 bits per heavy atom. The Balaban J connectivity index is 2.26. The van der Waals surface area contributed by atoms with Crippen molar-refractivity contribution in [3.63, 3.8) is 0 Å². The third-order valence-electron chi connectivity index (χ3n) is 5.30. The third kappa shape index (κ3) is 4.23. The van der Waals surface area contributed by atoms with Crippen molar-refractivity contribution >= 4 is 13.2 Å². The quantitative estimate of drug-likeness (QED) is 0.769. The van der Waals surface area contributed by atoms with E-state index >= 15 is 4.39 Å². The first-order valence-electron chi connectivity index (χ1n) is 9.00. The molecular weight excluding hydrogens is 340 g/mol. The zero-order valence-corrected chi connectivity index (χ0v) is 17.1. The predicted octanol–water partition coefficient (Wildman–Crippen LogP) is 3.55. The Hall–Kier alpha value is -1.12. The van der Waals surface area contributed by atoms with Crippen molar-refractivity contribution in [2.75, 3.05) is 13.2 Å². The minimum Gasteiger partial charge on any atom is -0.444 e. The van der Waals surface area contributed by atoms with Gasteiger partial charge in [-0.2, -0.15) is 0 Å².